The van der Waals surface area contributed by atoms with Gasteiger partial charge in [0, 0.05) is 6.54 Å². The minimum absolute atomic E-state index is 0.601. The van der Waals surface area contributed by atoms with Gasteiger partial charge in [-0.2, -0.15) is 0 Å². The molecule has 0 amide bonds. The number of rotatable bonds is 2. The lowest BCUT2D eigenvalue weighted by Crippen LogP contribution is -2.51. The van der Waals surface area contributed by atoms with Gasteiger partial charge in [-0.1, -0.05) is 0 Å². The van der Waals surface area contributed by atoms with Crippen molar-refractivity contribution in [2.24, 2.45) is 23.0 Å². The zero-order valence-corrected chi connectivity index (χ0v) is 8.34. The molecule has 1 saturated carbocycles. The lowest BCUT2D eigenvalue weighted by molar-refractivity contribution is 0.0131. The molecule has 1 aliphatic carbocycles. The summed E-state index contributed by atoms with van der Waals surface area (Å²) in [5.74, 6) is 1.98. The molecule has 13 heavy (non-hydrogen) atoms. The van der Waals surface area contributed by atoms with Crippen molar-refractivity contribution in [1.82, 2.24) is 4.90 Å². The maximum atomic E-state index is 5.91. The van der Waals surface area contributed by atoms with E-state index < -0.39 is 0 Å². The minimum Gasteiger partial charge on any atom is -0.330 e. The Bertz CT molecular complexity index is 202. The lowest BCUT2D eigenvalue weighted by atomic mass is 9.71. The van der Waals surface area contributed by atoms with Gasteiger partial charge < -0.3 is 10.6 Å². The summed E-state index contributed by atoms with van der Waals surface area (Å²) in [5, 5.41) is 0. The molecule has 0 aromatic heterocycles. The van der Waals surface area contributed by atoms with Crippen LogP contribution in [0.25, 0.3) is 0 Å². The second-order valence-electron chi connectivity index (χ2n) is 5.31. The average Bonchev–Trinajstić information content (AvgIpc) is 3.00. The minimum atomic E-state index is 0.601. The maximum absolute atomic E-state index is 5.91. The van der Waals surface area contributed by atoms with Gasteiger partial charge >= 0.3 is 0 Å². The van der Waals surface area contributed by atoms with E-state index in [0.717, 1.165) is 18.4 Å². The first-order chi connectivity index (χ1) is 6.34. The third-order valence-electron chi connectivity index (χ3n) is 4.74. The highest BCUT2D eigenvalue weighted by atomic mass is 15.2. The van der Waals surface area contributed by atoms with Crippen LogP contribution < -0.4 is 5.73 Å². The topological polar surface area (TPSA) is 29.3 Å². The molecule has 4 fully saturated rings. The molecule has 1 unspecified atom stereocenters. The van der Waals surface area contributed by atoms with E-state index in [-0.39, 0.29) is 0 Å². The van der Waals surface area contributed by atoms with E-state index in [9.17, 15) is 0 Å². The molecule has 0 aromatic rings. The molecule has 2 heteroatoms. The van der Waals surface area contributed by atoms with E-state index in [1.807, 2.05) is 0 Å². The van der Waals surface area contributed by atoms with E-state index in [0.29, 0.717) is 5.41 Å². The second-order valence-corrected chi connectivity index (χ2v) is 5.31. The van der Waals surface area contributed by atoms with Gasteiger partial charge in [-0.25, -0.2) is 0 Å². The van der Waals surface area contributed by atoms with Crippen LogP contribution in [0.4, 0.5) is 0 Å². The van der Waals surface area contributed by atoms with Gasteiger partial charge in [0.05, 0.1) is 0 Å². The van der Waals surface area contributed by atoms with Crippen LogP contribution in [0.5, 0.6) is 0 Å². The zero-order valence-electron chi connectivity index (χ0n) is 8.34. The predicted molar refractivity (Wildman–Crippen MR) is 53.4 cm³/mol. The summed E-state index contributed by atoms with van der Waals surface area (Å²) < 4.78 is 0. The first-order valence-corrected chi connectivity index (χ1v) is 5.76. The van der Waals surface area contributed by atoms with Crippen LogP contribution in [0.2, 0.25) is 0 Å². The van der Waals surface area contributed by atoms with Crippen LogP contribution >= 0.6 is 0 Å². The summed E-state index contributed by atoms with van der Waals surface area (Å²) in [6.07, 6.45) is 5.73. The van der Waals surface area contributed by atoms with E-state index in [2.05, 4.69) is 4.90 Å². The Labute approximate surface area is 80.5 Å². The van der Waals surface area contributed by atoms with Crippen LogP contribution in [0.3, 0.4) is 0 Å². The van der Waals surface area contributed by atoms with E-state index in [1.54, 1.807) is 0 Å². The van der Waals surface area contributed by atoms with Gasteiger partial charge in [-0.15, -0.1) is 0 Å². The largest absolute Gasteiger partial charge is 0.330 e. The molecule has 4 rings (SSSR count). The summed E-state index contributed by atoms with van der Waals surface area (Å²) >= 11 is 0. The van der Waals surface area contributed by atoms with Crippen molar-refractivity contribution in [2.75, 3.05) is 26.2 Å². The van der Waals surface area contributed by atoms with Gasteiger partial charge in [-0.3, -0.25) is 0 Å². The van der Waals surface area contributed by atoms with Crippen molar-refractivity contribution in [3.63, 3.8) is 0 Å². The Hall–Kier alpha value is -0.0800. The molecular formula is C11H20N2. The molecule has 0 aromatic carbocycles. The molecule has 1 atom stereocenters. The lowest BCUT2D eigenvalue weighted by Gasteiger charge is -2.48. The average molecular weight is 180 g/mol. The monoisotopic (exact) mass is 180 g/mol. The second kappa shape index (κ2) is 2.71. The smallest absolute Gasteiger partial charge is 0.00181 e. The van der Waals surface area contributed by atoms with Gasteiger partial charge in [0.15, 0.2) is 0 Å². The Balaban J connectivity index is 1.78. The predicted octanol–water partition coefficient (Wildman–Crippen LogP) is 1.07. The van der Waals surface area contributed by atoms with Crippen molar-refractivity contribution in [3.8, 4) is 0 Å². The van der Waals surface area contributed by atoms with Gasteiger partial charge in [-0.05, 0) is 62.6 Å². The van der Waals surface area contributed by atoms with Crippen LogP contribution in [-0.4, -0.2) is 31.1 Å². The quantitative estimate of drug-likeness (QED) is 0.688. The van der Waals surface area contributed by atoms with Crippen LogP contribution in [0.1, 0.15) is 25.7 Å². The van der Waals surface area contributed by atoms with Crippen LogP contribution in [0.15, 0.2) is 0 Å². The number of piperidine rings is 3. The first-order valence-electron chi connectivity index (χ1n) is 5.76. The van der Waals surface area contributed by atoms with Crippen molar-refractivity contribution in [1.29, 1.82) is 0 Å². The Morgan fingerprint density at radius 3 is 2.31 bits per heavy atom. The third-order valence-corrected chi connectivity index (χ3v) is 4.74. The zero-order chi connectivity index (χ0) is 8.89. The first kappa shape index (κ1) is 8.25. The Morgan fingerprint density at radius 2 is 1.92 bits per heavy atom. The number of nitrogens with two attached hydrogens (primary N) is 1. The molecular weight excluding hydrogens is 160 g/mol. The van der Waals surface area contributed by atoms with E-state index in [4.69, 9.17) is 5.73 Å². The SMILES string of the molecule is NCC1(C2CN3CCC2CC3)CC1. The molecule has 2 nitrogen and oxygen atoms in total. The molecule has 3 heterocycles. The fourth-order valence-corrected chi connectivity index (χ4v) is 3.55. The molecule has 0 spiro atoms. The number of hydrogen-bond donors (Lipinski definition) is 1. The van der Waals surface area contributed by atoms with Crippen molar-refractivity contribution in [3.05, 3.63) is 0 Å². The molecule has 3 aliphatic heterocycles. The highest BCUT2D eigenvalue weighted by Gasteiger charge is 2.53. The molecule has 2 bridgehead atoms. The summed E-state index contributed by atoms with van der Waals surface area (Å²) in [6.45, 7) is 5.04. The summed E-state index contributed by atoms with van der Waals surface area (Å²) in [5.41, 5.74) is 6.51. The summed E-state index contributed by atoms with van der Waals surface area (Å²) in [6, 6.07) is 0. The van der Waals surface area contributed by atoms with Gasteiger partial charge in [0.1, 0.15) is 0 Å². The van der Waals surface area contributed by atoms with Crippen LogP contribution in [-0.2, 0) is 0 Å². The number of fused-ring (bicyclic) bond motifs is 3. The molecule has 0 radical (unpaired) electrons. The molecule has 4 aliphatic rings. The normalized spacial score (nSPS) is 46.4. The Morgan fingerprint density at radius 1 is 1.23 bits per heavy atom. The summed E-state index contributed by atoms with van der Waals surface area (Å²) in [4.78, 5) is 2.65. The Kier molecular flexibility index (Phi) is 1.72. The fraction of sp³-hybridized carbons (Fsp3) is 1.00. The highest BCUT2D eigenvalue weighted by molar-refractivity contribution is 5.05. The van der Waals surface area contributed by atoms with Crippen LogP contribution in [0, 0.1) is 17.3 Å². The standard InChI is InChI=1S/C11H20N2/c12-8-11(3-4-11)10-7-13-5-1-9(10)2-6-13/h9-10H,1-8,12H2. The van der Waals surface area contributed by atoms with Crippen molar-refractivity contribution >= 4 is 0 Å². The summed E-state index contributed by atoms with van der Waals surface area (Å²) in [7, 11) is 0. The fourth-order valence-electron chi connectivity index (χ4n) is 3.55. The highest BCUT2D eigenvalue weighted by Crippen LogP contribution is 2.56. The van der Waals surface area contributed by atoms with Crippen molar-refractivity contribution in [2.45, 2.75) is 25.7 Å². The molecule has 74 valence electrons. The van der Waals surface area contributed by atoms with Crippen molar-refractivity contribution < 1.29 is 0 Å². The number of hydrogen-bond acceptors (Lipinski definition) is 2. The number of nitrogens with zero attached hydrogens (tertiary/aromatic N) is 1. The molecule has 3 saturated heterocycles. The van der Waals surface area contributed by atoms with Gasteiger partial charge in [0.2, 0.25) is 0 Å². The maximum Gasteiger partial charge on any atom is 0.00181 e. The van der Waals surface area contributed by atoms with Gasteiger partial charge in [0.25, 0.3) is 0 Å². The molecule has 2 N–H and O–H groups in total. The third kappa shape index (κ3) is 1.15. The van der Waals surface area contributed by atoms with E-state index >= 15 is 0 Å². The van der Waals surface area contributed by atoms with E-state index in [1.165, 1.54) is 45.3 Å².